The number of carbonyl (C=O) groups is 2. The van der Waals surface area contributed by atoms with Crippen LogP contribution in [0.5, 0.6) is 11.5 Å². The summed E-state index contributed by atoms with van der Waals surface area (Å²) in [7, 11) is 1.49. The Morgan fingerprint density at radius 1 is 1.17 bits per heavy atom. The Bertz CT molecular complexity index is 911. The van der Waals surface area contributed by atoms with Gasteiger partial charge in [0.2, 0.25) is 0 Å². The first-order valence-electron chi connectivity index (χ1n) is 9.32. The topological polar surface area (TPSA) is 89.5 Å². The fourth-order valence-electron chi connectivity index (χ4n) is 2.76. The maximum atomic E-state index is 12.9. The normalized spacial score (nSPS) is 13.9. The van der Waals surface area contributed by atoms with Crippen molar-refractivity contribution in [1.29, 1.82) is 0 Å². The van der Waals surface area contributed by atoms with Crippen molar-refractivity contribution in [1.82, 2.24) is 10.3 Å². The summed E-state index contributed by atoms with van der Waals surface area (Å²) in [5.74, 6) is -0.143. The summed E-state index contributed by atoms with van der Waals surface area (Å²) >= 11 is 0. The highest BCUT2D eigenvalue weighted by Gasteiger charge is 2.18. The van der Waals surface area contributed by atoms with Crippen LogP contribution in [0.15, 0.2) is 47.6 Å². The lowest BCUT2D eigenvalue weighted by Crippen LogP contribution is -2.43. The molecule has 2 aromatic rings. The third kappa shape index (κ3) is 5.77. The van der Waals surface area contributed by atoms with Crippen molar-refractivity contribution in [3.8, 4) is 11.5 Å². The summed E-state index contributed by atoms with van der Waals surface area (Å²) < 4.78 is 29.1. The van der Waals surface area contributed by atoms with Gasteiger partial charge in [-0.1, -0.05) is 0 Å². The molecule has 0 saturated carbocycles. The second-order valence-electron chi connectivity index (χ2n) is 6.40. The molecule has 158 valence electrons. The summed E-state index contributed by atoms with van der Waals surface area (Å²) in [5, 5.41) is 3.89. The Morgan fingerprint density at radius 3 is 2.60 bits per heavy atom. The summed E-state index contributed by atoms with van der Waals surface area (Å²) in [6.07, 6.45) is 1.44. The molecule has 9 heteroatoms. The molecule has 0 bridgehead atoms. The zero-order valence-electron chi connectivity index (χ0n) is 16.5. The summed E-state index contributed by atoms with van der Waals surface area (Å²) in [6, 6.07) is 10.2. The third-order valence-corrected chi connectivity index (χ3v) is 4.39. The molecular weight excluding hydrogens is 393 g/mol. The molecule has 2 aromatic carbocycles. The molecule has 1 saturated heterocycles. The predicted molar refractivity (Wildman–Crippen MR) is 107 cm³/mol. The maximum Gasteiger partial charge on any atom is 0.271 e. The van der Waals surface area contributed by atoms with E-state index in [2.05, 4.69) is 10.5 Å². The van der Waals surface area contributed by atoms with Gasteiger partial charge in [0.1, 0.15) is 5.82 Å². The third-order valence-electron chi connectivity index (χ3n) is 4.39. The van der Waals surface area contributed by atoms with E-state index in [9.17, 15) is 14.0 Å². The SMILES string of the molecule is COc1cc(/C=N\NC(=O)c2ccc(F)cc2)ccc1OCC(=O)N1CCOCC1. The molecule has 8 nitrogen and oxygen atoms in total. The fraction of sp³-hybridized carbons (Fsp3) is 0.286. The first-order valence-corrected chi connectivity index (χ1v) is 9.32. The number of methoxy groups -OCH3 is 1. The van der Waals surface area contributed by atoms with Crippen LogP contribution in [0.3, 0.4) is 0 Å². The zero-order chi connectivity index (χ0) is 21.3. The molecule has 1 aliphatic rings. The molecule has 0 unspecified atom stereocenters. The van der Waals surface area contributed by atoms with Gasteiger partial charge < -0.3 is 19.1 Å². The van der Waals surface area contributed by atoms with Crippen LogP contribution >= 0.6 is 0 Å². The van der Waals surface area contributed by atoms with Gasteiger partial charge in [-0.3, -0.25) is 9.59 Å². The van der Waals surface area contributed by atoms with Gasteiger partial charge >= 0.3 is 0 Å². The van der Waals surface area contributed by atoms with E-state index in [4.69, 9.17) is 14.2 Å². The molecule has 0 aliphatic carbocycles. The molecule has 30 heavy (non-hydrogen) atoms. The molecular formula is C21H22FN3O5. The van der Waals surface area contributed by atoms with Crippen LogP contribution in [0, 0.1) is 5.82 Å². The number of hydrogen-bond donors (Lipinski definition) is 1. The number of hydrogen-bond acceptors (Lipinski definition) is 6. The molecule has 0 spiro atoms. The number of halogens is 1. The number of nitrogens with zero attached hydrogens (tertiary/aromatic N) is 2. The largest absolute Gasteiger partial charge is 0.493 e. The number of hydrazone groups is 1. The van der Waals surface area contributed by atoms with Gasteiger partial charge in [-0.05, 0) is 48.0 Å². The van der Waals surface area contributed by atoms with Crippen molar-refractivity contribution < 1.29 is 28.2 Å². The van der Waals surface area contributed by atoms with E-state index in [0.717, 1.165) is 0 Å². The molecule has 3 rings (SSSR count). The van der Waals surface area contributed by atoms with E-state index in [0.29, 0.717) is 48.9 Å². The fourth-order valence-corrected chi connectivity index (χ4v) is 2.76. The van der Waals surface area contributed by atoms with E-state index < -0.39 is 11.7 Å². The van der Waals surface area contributed by atoms with E-state index in [-0.39, 0.29) is 12.5 Å². The molecule has 0 atom stereocenters. The Hall–Kier alpha value is -3.46. The number of ether oxygens (including phenoxy) is 3. The molecule has 2 amide bonds. The number of amides is 2. The Labute approximate surface area is 173 Å². The zero-order valence-corrected chi connectivity index (χ0v) is 16.5. The average molecular weight is 415 g/mol. The number of benzene rings is 2. The van der Waals surface area contributed by atoms with Gasteiger partial charge in [0, 0.05) is 18.7 Å². The number of rotatable bonds is 7. The van der Waals surface area contributed by atoms with Gasteiger partial charge in [-0.25, -0.2) is 9.82 Å². The molecule has 1 heterocycles. The van der Waals surface area contributed by atoms with Crippen LogP contribution in [0.4, 0.5) is 4.39 Å². The lowest BCUT2D eigenvalue weighted by molar-refractivity contribution is -0.137. The van der Waals surface area contributed by atoms with E-state index in [1.165, 1.54) is 37.6 Å². The highest BCUT2D eigenvalue weighted by atomic mass is 19.1. The summed E-state index contributed by atoms with van der Waals surface area (Å²) in [5.41, 5.74) is 3.31. The quantitative estimate of drug-likeness (QED) is 0.551. The average Bonchev–Trinajstić information content (AvgIpc) is 2.78. The van der Waals surface area contributed by atoms with Crippen molar-refractivity contribution in [2.75, 3.05) is 40.0 Å². The lowest BCUT2D eigenvalue weighted by Gasteiger charge is -2.26. The second-order valence-corrected chi connectivity index (χ2v) is 6.40. The van der Waals surface area contributed by atoms with Crippen LogP contribution in [0.25, 0.3) is 0 Å². The smallest absolute Gasteiger partial charge is 0.271 e. The monoisotopic (exact) mass is 415 g/mol. The van der Waals surface area contributed by atoms with E-state index in [1.54, 1.807) is 23.1 Å². The lowest BCUT2D eigenvalue weighted by atomic mass is 10.2. The minimum atomic E-state index is -0.459. The first-order chi connectivity index (χ1) is 14.6. The first kappa shape index (κ1) is 21.3. The Balaban J connectivity index is 1.56. The van der Waals surface area contributed by atoms with Gasteiger partial charge in [0.25, 0.3) is 11.8 Å². The van der Waals surface area contributed by atoms with Crippen LogP contribution in [0.1, 0.15) is 15.9 Å². The van der Waals surface area contributed by atoms with E-state index in [1.807, 2.05) is 0 Å². The van der Waals surface area contributed by atoms with Crippen molar-refractivity contribution in [3.05, 3.63) is 59.4 Å². The highest BCUT2D eigenvalue weighted by Crippen LogP contribution is 2.27. The van der Waals surface area contributed by atoms with Crippen molar-refractivity contribution in [2.24, 2.45) is 5.10 Å². The Kier molecular flexibility index (Phi) is 7.34. The van der Waals surface area contributed by atoms with Crippen LogP contribution in [-0.2, 0) is 9.53 Å². The number of nitrogens with one attached hydrogen (secondary N) is 1. The Morgan fingerprint density at radius 2 is 1.90 bits per heavy atom. The molecule has 0 aromatic heterocycles. The van der Waals surface area contributed by atoms with E-state index >= 15 is 0 Å². The molecule has 1 fully saturated rings. The highest BCUT2D eigenvalue weighted by molar-refractivity contribution is 5.94. The van der Waals surface area contributed by atoms with Gasteiger partial charge in [0.15, 0.2) is 18.1 Å². The summed E-state index contributed by atoms with van der Waals surface area (Å²) in [4.78, 5) is 25.9. The van der Waals surface area contributed by atoms with Gasteiger partial charge in [-0.15, -0.1) is 0 Å². The van der Waals surface area contributed by atoms with Crippen LogP contribution in [-0.4, -0.2) is 62.9 Å². The van der Waals surface area contributed by atoms with Crippen molar-refractivity contribution in [2.45, 2.75) is 0 Å². The van der Waals surface area contributed by atoms with Crippen molar-refractivity contribution >= 4 is 18.0 Å². The van der Waals surface area contributed by atoms with Gasteiger partial charge in [0.05, 0.1) is 26.5 Å². The molecule has 1 aliphatic heterocycles. The molecule has 0 radical (unpaired) electrons. The minimum absolute atomic E-state index is 0.0997. The molecule has 1 N–H and O–H groups in total. The minimum Gasteiger partial charge on any atom is -0.493 e. The van der Waals surface area contributed by atoms with Crippen LogP contribution < -0.4 is 14.9 Å². The summed E-state index contributed by atoms with van der Waals surface area (Å²) in [6.45, 7) is 2.07. The van der Waals surface area contributed by atoms with Crippen molar-refractivity contribution in [3.63, 3.8) is 0 Å². The number of morpholine rings is 1. The standard InChI is InChI=1S/C21H22FN3O5/c1-28-19-12-15(13-23-24-21(27)16-3-5-17(22)6-4-16)2-7-18(19)30-14-20(26)25-8-10-29-11-9-25/h2-7,12-13H,8-11,14H2,1H3,(H,24,27)/b23-13-. The van der Waals surface area contributed by atoms with Gasteiger partial charge in [-0.2, -0.15) is 5.10 Å². The number of carbonyl (C=O) groups excluding carboxylic acids is 2. The second kappa shape index (κ2) is 10.4. The predicted octanol–water partition coefficient (Wildman–Crippen LogP) is 1.84. The maximum absolute atomic E-state index is 12.9. The van der Waals surface area contributed by atoms with Crippen LogP contribution in [0.2, 0.25) is 0 Å².